The molecule has 3 heterocycles. The van der Waals surface area contributed by atoms with Crippen molar-refractivity contribution in [3.63, 3.8) is 0 Å². The van der Waals surface area contributed by atoms with E-state index in [1.54, 1.807) is 0 Å². The zero-order valence-electron chi connectivity index (χ0n) is 15.1. The average Bonchev–Trinajstić information content (AvgIpc) is 3.25. The molecule has 2 fully saturated rings. The maximum absolute atomic E-state index is 13.3. The molecule has 5 nitrogen and oxygen atoms in total. The number of amides is 1. The predicted molar refractivity (Wildman–Crippen MR) is 103 cm³/mol. The third kappa shape index (κ3) is 3.58. The molecule has 2 aliphatic rings. The van der Waals surface area contributed by atoms with Gasteiger partial charge in [-0.3, -0.25) is 9.69 Å². The third-order valence-corrected chi connectivity index (χ3v) is 5.42. The molecule has 0 aliphatic carbocycles. The third-order valence-electron chi connectivity index (χ3n) is 5.42. The molecule has 2 aromatic rings. The quantitative estimate of drug-likeness (QED) is 0.850. The molecule has 1 unspecified atom stereocenters. The van der Waals surface area contributed by atoms with Crippen molar-refractivity contribution in [1.29, 1.82) is 0 Å². The number of likely N-dealkylation sites (tertiary alicyclic amines) is 1. The van der Waals surface area contributed by atoms with Crippen LogP contribution in [0.3, 0.4) is 0 Å². The molecule has 0 radical (unpaired) electrons. The van der Waals surface area contributed by atoms with E-state index in [2.05, 4.69) is 33.0 Å². The van der Waals surface area contributed by atoms with Crippen LogP contribution in [0, 0.1) is 0 Å². The number of hydrogen-bond acceptors (Lipinski definition) is 4. The molecule has 1 amide bonds. The van der Waals surface area contributed by atoms with E-state index in [1.807, 2.05) is 41.4 Å². The summed E-state index contributed by atoms with van der Waals surface area (Å²) in [6, 6.07) is 16.1. The van der Waals surface area contributed by atoms with Crippen molar-refractivity contribution in [1.82, 2.24) is 14.8 Å². The number of benzene rings is 1. The van der Waals surface area contributed by atoms with Gasteiger partial charge in [0.1, 0.15) is 11.9 Å². The Morgan fingerprint density at radius 3 is 2.19 bits per heavy atom. The van der Waals surface area contributed by atoms with Crippen LogP contribution in [0.25, 0.3) is 0 Å². The lowest BCUT2D eigenvalue weighted by Gasteiger charge is -2.40. The Bertz CT molecular complexity index is 707. The zero-order chi connectivity index (χ0) is 17.8. The normalized spacial score (nSPS) is 19.5. The summed E-state index contributed by atoms with van der Waals surface area (Å²) in [6.07, 6.45) is 4.09. The van der Waals surface area contributed by atoms with Crippen LogP contribution in [0.1, 0.15) is 24.4 Å². The molecule has 5 heteroatoms. The number of hydrogen-bond donors (Lipinski definition) is 0. The summed E-state index contributed by atoms with van der Waals surface area (Å²) in [7, 11) is 0. The molecule has 0 N–H and O–H groups in total. The molecule has 0 spiro atoms. The van der Waals surface area contributed by atoms with Crippen molar-refractivity contribution < 1.29 is 4.79 Å². The van der Waals surface area contributed by atoms with Gasteiger partial charge in [0, 0.05) is 45.5 Å². The number of aromatic nitrogens is 1. The van der Waals surface area contributed by atoms with Crippen LogP contribution in [0.2, 0.25) is 0 Å². The van der Waals surface area contributed by atoms with Gasteiger partial charge >= 0.3 is 0 Å². The number of pyridine rings is 1. The highest BCUT2D eigenvalue weighted by Gasteiger charge is 2.34. The summed E-state index contributed by atoms with van der Waals surface area (Å²) >= 11 is 0. The average molecular weight is 350 g/mol. The lowest BCUT2D eigenvalue weighted by atomic mass is 10.0. The second kappa shape index (κ2) is 7.87. The van der Waals surface area contributed by atoms with E-state index in [0.29, 0.717) is 0 Å². The Balaban J connectivity index is 1.51. The second-order valence-corrected chi connectivity index (χ2v) is 7.06. The molecule has 2 aliphatic heterocycles. The molecule has 1 atom stereocenters. The van der Waals surface area contributed by atoms with Crippen molar-refractivity contribution in [2.75, 3.05) is 44.2 Å². The topological polar surface area (TPSA) is 39.7 Å². The second-order valence-electron chi connectivity index (χ2n) is 7.06. The summed E-state index contributed by atoms with van der Waals surface area (Å²) in [6.45, 7) is 5.33. The van der Waals surface area contributed by atoms with Gasteiger partial charge in [0.15, 0.2) is 0 Å². The monoisotopic (exact) mass is 350 g/mol. The van der Waals surface area contributed by atoms with Gasteiger partial charge in [-0.15, -0.1) is 0 Å². The number of anilines is 1. The Morgan fingerprint density at radius 2 is 1.54 bits per heavy atom. The lowest BCUT2D eigenvalue weighted by Crippen LogP contribution is -2.51. The molecular formula is C21H26N4O. The van der Waals surface area contributed by atoms with Crippen molar-refractivity contribution in [3.05, 3.63) is 60.3 Å². The van der Waals surface area contributed by atoms with E-state index < -0.39 is 0 Å². The molecule has 136 valence electrons. The van der Waals surface area contributed by atoms with E-state index in [9.17, 15) is 4.79 Å². The summed E-state index contributed by atoms with van der Waals surface area (Å²) in [5.41, 5.74) is 1.11. The molecule has 26 heavy (non-hydrogen) atoms. The highest BCUT2D eigenvalue weighted by Crippen LogP contribution is 2.27. The fraction of sp³-hybridized carbons (Fsp3) is 0.429. The first-order chi connectivity index (χ1) is 12.8. The first kappa shape index (κ1) is 17.0. The summed E-state index contributed by atoms with van der Waals surface area (Å²) in [5, 5.41) is 0. The van der Waals surface area contributed by atoms with E-state index in [1.165, 1.54) is 0 Å². The summed E-state index contributed by atoms with van der Waals surface area (Å²) in [4.78, 5) is 24.4. The zero-order valence-corrected chi connectivity index (χ0v) is 15.1. The van der Waals surface area contributed by atoms with Crippen molar-refractivity contribution in [3.8, 4) is 0 Å². The summed E-state index contributed by atoms with van der Waals surface area (Å²) in [5.74, 6) is 1.29. The molecule has 0 saturated carbocycles. The molecule has 1 aromatic heterocycles. The highest BCUT2D eigenvalue weighted by atomic mass is 16.2. The lowest BCUT2D eigenvalue weighted by molar-refractivity contribution is -0.136. The standard InChI is InChI=1S/C21H26N4O/c26-21(25-12-6-7-13-25)20(18-8-2-1-3-9-18)24-16-14-23(15-17-24)19-10-4-5-11-22-19/h1-5,8-11,20H,6-7,12-17H2. The Labute approximate surface area is 155 Å². The number of rotatable bonds is 4. The summed E-state index contributed by atoms with van der Waals surface area (Å²) < 4.78 is 0. The van der Waals surface area contributed by atoms with Crippen LogP contribution in [0.15, 0.2) is 54.7 Å². The van der Waals surface area contributed by atoms with Gasteiger partial charge in [0.2, 0.25) is 5.91 Å². The van der Waals surface area contributed by atoms with Crippen LogP contribution >= 0.6 is 0 Å². The van der Waals surface area contributed by atoms with E-state index >= 15 is 0 Å². The van der Waals surface area contributed by atoms with Crippen LogP contribution < -0.4 is 4.90 Å². The van der Waals surface area contributed by atoms with E-state index in [0.717, 1.165) is 63.5 Å². The molecule has 1 aromatic carbocycles. The van der Waals surface area contributed by atoms with Gasteiger partial charge in [-0.1, -0.05) is 36.4 Å². The molecular weight excluding hydrogens is 324 g/mol. The number of carbonyl (C=O) groups is 1. The highest BCUT2D eigenvalue weighted by molar-refractivity contribution is 5.83. The minimum Gasteiger partial charge on any atom is -0.354 e. The minimum atomic E-state index is -0.166. The first-order valence-corrected chi connectivity index (χ1v) is 9.57. The number of nitrogens with zero attached hydrogens (tertiary/aromatic N) is 4. The van der Waals surface area contributed by atoms with Crippen molar-refractivity contribution in [2.24, 2.45) is 0 Å². The van der Waals surface area contributed by atoms with E-state index in [-0.39, 0.29) is 11.9 Å². The van der Waals surface area contributed by atoms with Gasteiger partial charge in [0.25, 0.3) is 0 Å². The molecule has 0 bridgehead atoms. The van der Waals surface area contributed by atoms with E-state index in [4.69, 9.17) is 0 Å². The van der Waals surface area contributed by atoms with Crippen LogP contribution in [0.5, 0.6) is 0 Å². The van der Waals surface area contributed by atoms with Gasteiger partial charge in [-0.2, -0.15) is 0 Å². The fourth-order valence-electron chi connectivity index (χ4n) is 4.01. The van der Waals surface area contributed by atoms with Gasteiger partial charge in [-0.05, 0) is 30.5 Å². The Morgan fingerprint density at radius 1 is 0.846 bits per heavy atom. The SMILES string of the molecule is O=C(C(c1ccccc1)N1CCN(c2ccccn2)CC1)N1CCCC1. The Hall–Kier alpha value is -2.40. The van der Waals surface area contributed by atoms with Crippen LogP contribution in [0.4, 0.5) is 5.82 Å². The minimum absolute atomic E-state index is 0.166. The van der Waals surface area contributed by atoms with Crippen molar-refractivity contribution >= 4 is 11.7 Å². The van der Waals surface area contributed by atoms with Gasteiger partial charge in [-0.25, -0.2) is 4.98 Å². The fourth-order valence-corrected chi connectivity index (χ4v) is 4.01. The maximum Gasteiger partial charge on any atom is 0.244 e. The van der Waals surface area contributed by atoms with Crippen molar-refractivity contribution in [2.45, 2.75) is 18.9 Å². The van der Waals surface area contributed by atoms with Gasteiger partial charge < -0.3 is 9.80 Å². The number of piperazine rings is 1. The molecule has 4 rings (SSSR count). The number of carbonyl (C=O) groups excluding carboxylic acids is 1. The maximum atomic E-state index is 13.3. The molecule has 2 saturated heterocycles. The Kier molecular flexibility index (Phi) is 5.16. The van der Waals surface area contributed by atoms with Crippen LogP contribution in [-0.2, 0) is 4.79 Å². The first-order valence-electron chi connectivity index (χ1n) is 9.57. The smallest absolute Gasteiger partial charge is 0.244 e. The van der Waals surface area contributed by atoms with Crippen LogP contribution in [-0.4, -0.2) is 60.0 Å². The predicted octanol–water partition coefficient (Wildman–Crippen LogP) is 2.57. The van der Waals surface area contributed by atoms with Gasteiger partial charge in [0.05, 0.1) is 0 Å². The largest absolute Gasteiger partial charge is 0.354 e.